The average Bonchev–Trinajstić information content (AvgIpc) is 3.20. The second-order valence-electron chi connectivity index (χ2n) is 9.58. The number of fused-ring (bicyclic) bond motifs is 1. The number of carbonyl (C=O) groups excluding carboxylic acids is 2. The highest BCUT2D eigenvalue weighted by Gasteiger charge is 2.47. The van der Waals surface area contributed by atoms with Crippen LogP contribution in [0.2, 0.25) is 0 Å². The highest BCUT2D eigenvalue weighted by Crippen LogP contribution is 2.40. The van der Waals surface area contributed by atoms with Gasteiger partial charge in [0.25, 0.3) is 5.91 Å². The molecule has 2 fully saturated rings. The molecule has 1 saturated carbocycles. The lowest BCUT2D eigenvalue weighted by Gasteiger charge is -2.34. The number of hydrogen-bond donors (Lipinski definition) is 1. The van der Waals surface area contributed by atoms with Crippen LogP contribution in [0.3, 0.4) is 0 Å². The molecule has 0 spiro atoms. The van der Waals surface area contributed by atoms with Crippen LogP contribution in [0.4, 0.5) is 0 Å². The Bertz CT molecular complexity index is 926. The molecule has 4 atom stereocenters. The summed E-state index contributed by atoms with van der Waals surface area (Å²) in [7, 11) is 4.07. The van der Waals surface area contributed by atoms with E-state index in [4.69, 9.17) is 0 Å². The molecule has 2 aliphatic rings. The zero-order valence-corrected chi connectivity index (χ0v) is 19.5. The van der Waals surface area contributed by atoms with E-state index in [2.05, 4.69) is 41.4 Å². The molecule has 5 nitrogen and oxygen atoms in total. The van der Waals surface area contributed by atoms with Crippen molar-refractivity contribution in [1.29, 1.82) is 0 Å². The van der Waals surface area contributed by atoms with Gasteiger partial charge < -0.3 is 15.1 Å². The minimum atomic E-state index is -0.392. The van der Waals surface area contributed by atoms with E-state index in [0.29, 0.717) is 18.0 Å². The first-order valence-corrected chi connectivity index (χ1v) is 11.8. The van der Waals surface area contributed by atoms with Gasteiger partial charge in [0.15, 0.2) is 0 Å². The lowest BCUT2D eigenvalue weighted by atomic mass is 9.84. The second kappa shape index (κ2) is 9.86. The maximum absolute atomic E-state index is 13.5. The number of likely N-dealkylation sites (tertiary alicyclic amines) is 1. The van der Waals surface area contributed by atoms with E-state index in [1.54, 1.807) is 0 Å². The number of hydrogen-bond acceptors (Lipinski definition) is 3. The van der Waals surface area contributed by atoms with Crippen molar-refractivity contribution in [2.24, 2.45) is 5.92 Å². The van der Waals surface area contributed by atoms with Gasteiger partial charge in [-0.05, 0) is 63.9 Å². The number of carbonyl (C=O) groups is 2. The van der Waals surface area contributed by atoms with Gasteiger partial charge >= 0.3 is 0 Å². The molecular weight excluding hydrogens is 398 g/mol. The van der Waals surface area contributed by atoms with Crippen molar-refractivity contribution in [3.8, 4) is 0 Å². The number of amides is 2. The van der Waals surface area contributed by atoms with Crippen molar-refractivity contribution in [2.75, 3.05) is 20.6 Å². The van der Waals surface area contributed by atoms with Gasteiger partial charge in [0, 0.05) is 18.2 Å². The van der Waals surface area contributed by atoms with Gasteiger partial charge in [0.2, 0.25) is 5.91 Å². The first kappa shape index (κ1) is 22.5. The summed E-state index contributed by atoms with van der Waals surface area (Å²) < 4.78 is 0. The van der Waals surface area contributed by atoms with Crippen LogP contribution >= 0.6 is 0 Å². The Morgan fingerprint density at radius 2 is 1.72 bits per heavy atom. The van der Waals surface area contributed by atoms with Crippen LogP contribution in [0.15, 0.2) is 54.6 Å². The third-order valence-electron chi connectivity index (χ3n) is 7.20. The van der Waals surface area contributed by atoms with Gasteiger partial charge in [0.1, 0.15) is 6.04 Å². The highest BCUT2D eigenvalue weighted by atomic mass is 16.2. The Hall–Kier alpha value is -2.66. The van der Waals surface area contributed by atoms with Gasteiger partial charge in [-0.1, -0.05) is 60.9 Å². The van der Waals surface area contributed by atoms with Crippen LogP contribution in [0.25, 0.3) is 0 Å². The largest absolute Gasteiger partial charge is 0.352 e. The number of benzene rings is 2. The molecule has 2 aromatic rings. The fourth-order valence-corrected chi connectivity index (χ4v) is 5.42. The van der Waals surface area contributed by atoms with Gasteiger partial charge in [0.05, 0.1) is 6.04 Å². The third kappa shape index (κ3) is 4.73. The average molecular weight is 434 g/mol. The van der Waals surface area contributed by atoms with Crippen LogP contribution in [0, 0.1) is 12.8 Å². The monoisotopic (exact) mass is 433 g/mol. The molecule has 2 aromatic carbocycles. The van der Waals surface area contributed by atoms with E-state index in [-0.39, 0.29) is 23.9 Å². The summed E-state index contributed by atoms with van der Waals surface area (Å²) in [6.07, 6.45) is 5.20. The Kier molecular flexibility index (Phi) is 6.95. The molecule has 32 heavy (non-hydrogen) atoms. The lowest BCUT2D eigenvalue weighted by molar-refractivity contribution is -0.125. The molecule has 1 aliphatic carbocycles. The summed E-state index contributed by atoms with van der Waals surface area (Å²) in [6.45, 7) is 2.60. The van der Waals surface area contributed by atoms with E-state index >= 15 is 0 Å². The number of rotatable bonds is 6. The van der Waals surface area contributed by atoms with Crippen molar-refractivity contribution >= 4 is 11.8 Å². The SMILES string of the molecule is Cc1ccc(C(CNC(=O)C2CC3CCCCC3N2C(=O)c2ccccc2)N(C)C)cc1. The van der Waals surface area contributed by atoms with Crippen molar-refractivity contribution in [1.82, 2.24) is 15.1 Å². The molecule has 4 rings (SSSR count). The summed E-state index contributed by atoms with van der Waals surface area (Å²) in [4.78, 5) is 30.9. The first-order valence-electron chi connectivity index (χ1n) is 11.8. The van der Waals surface area contributed by atoms with E-state index in [1.807, 2.05) is 49.3 Å². The predicted molar refractivity (Wildman–Crippen MR) is 127 cm³/mol. The summed E-state index contributed by atoms with van der Waals surface area (Å²) in [5.41, 5.74) is 3.07. The molecule has 5 heteroatoms. The van der Waals surface area contributed by atoms with E-state index < -0.39 is 6.04 Å². The van der Waals surface area contributed by atoms with Crippen LogP contribution < -0.4 is 5.32 Å². The van der Waals surface area contributed by atoms with Crippen LogP contribution in [0.5, 0.6) is 0 Å². The molecule has 2 amide bonds. The molecule has 0 bridgehead atoms. The Balaban J connectivity index is 1.51. The molecule has 170 valence electrons. The van der Waals surface area contributed by atoms with Crippen LogP contribution in [-0.2, 0) is 4.79 Å². The summed E-state index contributed by atoms with van der Waals surface area (Å²) in [5, 5.41) is 3.19. The number of nitrogens with zero attached hydrogens (tertiary/aromatic N) is 2. The lowest BCUT2D eigenvalue weighted by Crippen LogP contribution is -2.50. The Morgan fingerprint density at radius 3 is 2.41 bits per heavy atom. The van der Waals surface area contributed by atoms with Gasteiger partial charge in [-0.15, -0.1) is 0 Å². The summed E-state index contributed by atoms with van der Waals surface area (Å²) in [5.74, 6) is 0.388. The minimum Gasteiger partial charge on any atom is -0.352 e. The third-order valence-corrected chi connectivity index (χ3v) is 7.20. The fraction of sp³-hybridized carbons (Fsp3) is 0.481. The molecule has 1 heterocycles. The first-order chi connectivity index (χ1) is 15.5. The molecule has 1 aliphatic heterocycles. The smallest absolute Gasteiger partial charge is 0.254 e. The van der Waals surface area contributed by atoms with E-state index in [1.165, 1.54) is 17.5 Å². The van der Waals surface area contributed by atoms with Crippen molar-refractivity contribution in [3.05, 3.63) is 71.3 Å². The molecule has 4 unspecified atom stereocenters. The summed E-state index contributed by atoms with van der Waals surface area (Å²) in [6, 6.07) is 17.7. The molecule has 0 radical (unpaired) electrons. The second-order valence-corrected chi connectivity index (χ2v) is 9.58. The number of aryl methyl sites for hydroxylation is 1. The van der Waals surface area contributed by atoms with Crippen molar-refractivity contribution < 1.29 is 9.59 Å². The van der Waals surface area contributed by atoms with Crippen LogP contribution in [-0.4, -0.2) is 54.3 Å². The van der Waals surface area contributed by atoms with Crippen LogP contribution in [0.1, 0.15) is 59.6 Å². The maximum atomic E-state index is 13.5. The topological polar surface area (TPSA) is 52.7 Å². The predicted octanol–water partition coefficient (Wildman–Crippen LogP) is 4.19. The van der Waals surface area contributed by atoms with Crippen molar-refractivity contribution in [3.63, 3.8) is 0 Å². The molecule has 0 aromatic heterocycles. The zero-order chi connectivity index (χ0) is 22.7. The Labute approximate surface area is 191 Å². The minimum absolute atomic E-state index is 0.0113. The zero-order valence-electron chi connectivity index (χ0n) is 19.5. The Morgan fingerprint density at radius 1 is 1.03 bits per heavy atom. The standard InChI is InChI=1S/C27H35N3O2/c1-19-13-15-20(16-14-19)25(29(2)3)18-28-26(31)24-17-22-11-7-8-12-23(22)30(24)27(32)21-9-5-4-6-10-21/h4-6,9-10,13-16,22-25H,7-8,11-12,17-18H2,1-3H3,(H,28,31). The van der Waals surface area contributed by atoms with E-state index in [0.717, 1.165) is 25.7 Å². The normalized spacial score (nSPS) is 23.6. The van der Waals surface area contributed by atoms with Gasteiger partial charge in [-0.3, -0.25) is 9.59 Å². The molecular formula is C27H35N3O2. The fourth-order valence-electron chi connectivity index (χ4n) is 5.42. The van der Waals surface area contributed by atoms with Gasteiger partial charge in [-0.25, -0.2) is 0 Å². The number of nitrogens with one attached hydrogen (secondary N) is 1. The maximum Gasteiger partial charge on any atom is 0.254 e. The quantitative estimate of drug-likeness (QED) is 0.743. The van der Waals surface area contributed by atoms with E-state index in [9.17, 15) is 9.59 Å². The van der Waals surface area contributed by atoms with Crippen molar-refractivity contribution in [2.45, 2.75) is 57.2 Å². The highest BCUT2D eigenvalue weighted by molar-refractivity contribution is 5.98. The van der Waals surface area contributed by atoms with Gasteiger partial charge in [-0.2, -0.15) is 0 Å². The molecule has 1 N–H and O–H groups in total. The number of likely N-dealkylation sites (N-methyl/N-ethyl adjacent to an activating group) is 1. The molecule has 1 saturated heterocycles. The summed E-state index contributed by atoms with van der Waals surface area (Å²) >= 11 is 0.